The van der Waals surface area contributed by atoms with Crippen molar-refractivity contribution in [3.8, 4) is 0 Å². The molecule has 0 bridgehead atoms. The molecule has 0 aromatic heterocycles. The number of ether oxygens (including phenoxy) is 7. The maximum Gasteiger partial charge on any atom is 0.190 e. The maximum atomic E-state index is 11.6. The second kappa shape index (κ2) is 8.21. The van der Waals surface area contributed by atoms with Gasteiger partial charge in [-0.05, 0) is 25.7 Å². The Morgan fingerprint density at radius 2 is 1.38 bits per heavy atom. The molecule has 9 atom stereocenters. The lowest BCUT2D eigenvalue weighted by Crippen LogP contribution is -2.48. The largest absolute Gasteiger partial charge is 0.387 e. The minimum Gasteiger partial charge on any atom is -0.387 e. The fraction of sp³-hybridized carbons (Fsp3) is 0.955. The summed E-state index contributed by atoms with van der Waals surface area (Å²) in [5.41, 5.74) is 0. The molecule has 0 amide bonds. The van der Waals surface area contributed by atoms with Crippen molar-refractivity contribution in [2.45, 2.75) is 131 Å². The minimum absolute atomic E-state index is 0.621. The molecule has 0 aromatic carbocycles. The van der Waals surface area contributed by atoms with Crippen molar-refractivity contribution < 1.29 is 48.2 Å². The van der Waals surface area contributed by atoms with Crippen molar-refractivity contribution in [1.29, 1.82) is 0 Å². The monoisotopic (exact) mass is 456 g/mol. The Morgan fingerprint density at radius 3 is 1.94 bits per heavy atom. The van der Waals surface area contributed by atoms with Gasteiger partial charge in [0.2, 0.25) is 0 Å². The van der Waals surface area contributed by atoms with Gasteiger partial charge in [0.1, 0.15) is 36.6 Å². The van der Waals surface area contributed by atoms with Gasteiger partial charge in [0.05, 0.1) is 0 Å². The third-order valence-electron chi connectivity index (χ3n) is 7.75. The number of fused-ring (bicyclic) bond motifs is 2. The first-order valence-electron chi connectivity index (χ1n) is 12.0. The summed E-state index contributed by atoms with van der Waals surface area (Å²) in [5, 5.41) is 21.6. The summed E-state index contributed by atoms with van der Waals surface area (Å²) in [7, 11) is 0. The van der Waals surface area contributed by atoms with E-state index in [-0.39, 0.29) is 0 Å². The smallest absolute Gasteiger partial charge is 0.190 e. The summed E-state index contributed by atoms with van der Waals surface area (Å²) in [5.74, 6) is -1.42. The molecule has 2 N–H and O–H groups in total. The third kappa shape index (κ3) is 3.55. The first kappa shape index (κ1) is 21.8. The number of rotatable bonds is 4. The van der Waals surface area contributed by atoms with E-state index in [1.807, 2.05) is 0 Å². The van der Waals surface area contributed by atoms with Gasteiger partial charge in [0, 0.05) is 25.7 Å². The molecule has 180 valence electrons. The highest BCUT2D eigenvalue weighted by molar-refractivity contribution is 5.58. The topological polar surface area (TPSA) is 122 Å². The SMILES string of the molecule is O=C[C@@H]1O[C@H]2OC3(CCCCC3)O[C@H]2[C@@H]1O[C@H](O)[C@@H]1O[C@H]2OC3(CCCCC3)O[C@H]2[C@@H]1O. The van der Waals surface area contributed by atoms with Gasteiger partial charge in [-0.3, -0.25) is 0 Å². The summed E-state index contributed by atoms with van der Waals surface area (Å²) in [6.07, 6.45) is 1.55. The molecule has 10 nitrogen and oxygen atoms in total. The summed E-state index contributed by atoms with van der Waals surface area (Å²) >= 11 is 0. The van der Waals surface area contributed by atoms with E-state index in [4.69, 9.17) is 33.2 Å². The standard InChI is InChI=1S/C22H32O10/c23-11-12-14(17-20(26-12)32-22(30-17)9-5-2-6-10-22)27-18(25)15-13(24)16-19(28-15)31-21(29-16)7-3-1-4-8-21/h11-20,24-25H,1-10H2/t12-,13+,14+,15+,16-,17-,18-,19-,20-/m0/s1. The molecule has 6 fully saturated rings. The van der Waals surface area contributed by atoms with Crippen molar-refractivity contribution in [3.63, 3.8) is 0 Å². The highest BCUT2D eigenvalue weighted by Crippen LogP contribution is 2.47. The normalized spacial score (nSPS) is 47.6. The van der Waals surface area contributed by atoms with Crippen molar-refractivity contribution in [2.75, 3.05) is 0 Å². The number of aliphatic hydroxyl groups is 2. The molecule has 4 heterocycles. The van der Waals surface area contributed by atoms with Gasteiger partial charge in [-0.15, -0.1) is 0 Å². The van der Waals surface area contributed by atoms with Gasteiger partial charge in [-0.1, -0.05) is 12.8 Å². The van der Waals surface area contributed by atoms with Crippen LogP contribution in [0.5, 0.6) is 0 Å². The minimum atomic E-state index is -1.52. The number of aldehydes is 1. The van der Waals surface area contributed by atoms with E-state index in [0.717, 1.165) is 64.2 Å². The Balaban J connectivity index is 1.11. The molecule has 2 spiro atoms. The van der Waals surface area contributed by atoms with Crippen molar-refractivity contribution in [1.82, 2.24) is 0 Å². The quantitative estimate of drug-likeness (QED) is 0.465. The van der Waals surface area contributed by atoms with Gasteiger partial charge >= 0.3 is 0 Å². The predicted octanol–water partition coefficient (Wildman–Crippen LogP) is 0.851. The molecular formula is C22H32O10. The molecule has 2 saturated carbocycles. The van der Waals surface area contributed by atoms with Crippen LogP contribution in [0.4, 0.5) is 0 Å². The third-order valence-corrected chi connectivity index (χ3v) is 7.75. The van der Waals surface area contributed by atoms with Gasteiger partial charge in [-0.2, -0.15) is 0 Å². The van der Waals surface area contributed by atoms with Crippen LogP contribution >= 0.6 is 0 Å². The Bertz CT molecular complexity index is 705. The number of carbonyl (C=O) groups is 1. The molecule has 4 saturated heterocycles. The van der Waals surface area contributed by atoms with E-state index in [9.17, 15) is 15.0 Å². The number of hydrogen-bond acceptors (Lipinski definition) is 10. The van der Waals surface area contributed by atoms with Crippen LogP contribution in [0.2, 0.25) is 0 Å². The summed E-state index contributed by atoms with van der Waals surface area (Å²) < 4.78 is 41.7. The second-order valence-electron chi connectivity index (χ2n) is 9.90. The van der Waals surface area contributed by atoms with E-state index < -0.39 is 67.1 Å². The Kier molecular flexibility index (Phi) is 5.60. The highest BCUT2D eigenvalue weighted by atomic mass is 16.9. The molecule has 10 heteroatoms. The van der Waals surface area contributed by atoms with Crippen LogP contribution in [0.3, 0.4) is 0 Å². The molecule has 6 rings (SSSR count). The lowest BCUT2D eigenvalue weighted by molar-refractivity contribution is -0.289. The van der Waals surface area contributed by atoms with Crippen LogP contribution in [0.1, 0.15) is 64.2 Å². The number of aliphatic hydroxyl groups excluding tert-OH is 2. The summed E-state index contributed by atoms with van der Waals surface area (Å²) in [4.78, 5) is 11.6. The first-order valence-corrected chi connectivity index (χ1v) is 12.0. The molecule has 2 aliphatic carbocycles. The van der Waals surface area contributed by atoms with Crippen molar-refractivity contribution >= 4 is 6.29 Å². The zero-order valence-corrected chi connectivity index (χ0v) is 18.0. The lowest BCUT2D eigenvalue weighted by atomic mass is 9.94. The maximum absolute atomic E-state index is 11.6. The van der Waals surface area contributed by atoms with Crippen LogP contribution in [0.25, 0.3) is 0 Å². The first-order chi connectivity index (χ1) is 15.5. The zero-order chi connectivity index (χ0) is 21.9. The molecule has 0 radical (unpaired) electrons. The molecule has 32 heavy (non-hydrogen) atoms. The summed E-state index contributed by atoms with van der Waals surface area (Å²) in [6.45, 7) is 0. The van der Waals surface area contributed by atoms with Crippen LogP contribution in [-0.2, 0) is 38.0 Å². The Hall–Kier alpha value is -0.690. The van der Waals surface area contributed by atoms with Crippen molar-refractivity contribution in [2.24, 2.45) is 0 Å². The number of hydrogen-bond donors (Lipinski definition) is 2. The molecule has 0 unspecified atom stereocenters. The van der Waals surface area contributed by atoms with Gasteiger partial charge < -0.3 is 48.2 Å². The average Bonchev–Trinajstić information content (AvgIpc) is 3.49. The van der Waals surface area contributed by atoms with Gasteiger partial charge in [-0.25, -0.2) is 0 Å². The van der Waals surface area contributed by atoms with Crippen LogP contribution in [0.15, 0.2) is 0 Å². The van der Waals surface area contributed by atoms with Crippen LogP contribution in [-0.4, -0.2) is 83.6 Å². The fourth-order valence-electron chi connectivity index (χ4n) is 6.12. The summed E-state index contributed by atoms with van der Waals surface area (Å²) in [6, 6.07) is 0. The Morgan fingerprint density at radius 1 is 0.812 bits per heavy atom. The van der Waals surface area contributed by atoms with E-state index in [2.05, 4.69) is 0 Å². The van der Waals surface area contributed by atoms with Gasteiger partial charge in [0.15, 0.2) is 36.7 Å². The van der Waals surface area contributed by atoms with E-state index in [1.54, 1.807) is 0 Å². The Labute approximate surface area is 186 Å². The van der Waals surface area contributed by atoms with Crippen molar-refractivity contribution in [3.05, 3.63) is 0 Å². The molecule has 4 aliphatic heterocycles. The number of carbonyl (C=O) groups excluding carboxylic acids is 1. The van der Waals surface area contributed by atoms with Crippen LogP contribution in [0, 0.1) is 0 Å². The molecule has 6 aliphatic rings. The lowest BCUT2D eigenvalue weighted by Gasteiger charge is -2.35. The van der Waals surface area contributed by atoms with E-state index in [0.29, 0.717) is 6.29 Å². The van der Waals surface area contributed by atoms with Gasteiger partial charge in [0.25, 0.3) is 0 Å². The second-order valence-corrected chi connectivity index (χ2v) is 9.90. The van der Waals surface area contributed by atoms with Crippen LogP contribution < -0.4 is 0 Å². The zero-order valence-electron chi connectivity index (χ0n) is 18.0. The highest BCUT2D eigenvalue weighted by Gasteiger charge is 2.62. The fourth-order valence-corrected chi connectivity index (χ4v) is 6.12. The van der Waals surface area contributed by atoms with E-state index >= 15 is 0 Å². The predicted molar refractivity (Wildman–Crippen MR) is 104 cm³/mol. The van der Waals surface area contributed by atoms with E-state index in [1.165, 1.54) is 0 Å². The molecular weight excluding hydrogens is 424 g/mol. The average molecular weight is 456 g/mol. The molecule has 0 aromatic rings.